The highest BCUT2D eigenvalue weighted by Gasteiger charge is 2.23. The average molecular weight is 352 g/mol. The lowest BCUT2D eigenvalue weighted by Gasteiger charge is -2.21. The first kappa shape index (κ1) is 18.4. The van der Waals surface area contributed by atoms with Crippen LogP contribution in [0.25, 0.3) is 0 Å². The van der Waals surface area contributed by atoms with Gasteiger partial charge < -0.3 is 4.74 Å². The van der Waals surface area contributed by atoms with Crippen molar-refractivity contribution >= 4 is 10.0 Å². The van der Waals surface area contributed by atoms with Crippen molar-refractivity contribution in [2.24, 2.45) is 5.92 Å². The highest BCUT2D eigenvalue weighted by atomic mass is 32.2. The molecule has 0 saturated carbocycles. The Balaban J connectivity index is 2.12. The van der Waals surface area contributed by atoms with Crippen LogP contribution in [0.1, 0.15) is 27.7 Å². The van der Waals surface area contributed by atoms with Crippen molar-refractivity contribution in [3.05, 3.63) is 36.7 Å². The van der Waals surface area contributed by atoms with Crippen LogP contribution in [0.5, 0.6) is 5.75 Å². The van der Waals surface area contributed by atoms with E-state index in [4.69, 9.17) is 4.74 Å². The first-order chi connectivity index (χ1) is 11.3. The Morgan fingerprint density at radius 2 is 1.67 bits per heavy atom. The Morgan fingerprint density at radius 3 is 2.17 bits per heavy atom. The molecule has 0 aliphatic heterocycles. The number of nitrogens with zero attached hydrogens (tertiary/aromatic N) is 3. The molecule has 1 N–H and O–H groups in total. The minimum absolute atomic E-state index is 0.0393. The SMILES string of the molecule is CC(C)Oc1ccc(S(=O)(=O)NC(Cn2nccn2)C(C)C)cc1. The molecule has 7 nitrogen and oxygen atoms in total. The number of aromatic nitrogens is 3. The maximum Gasteiger partial charge on any atom is 0.240 e. The van der Waals surface area contributed by atoms with Crippen LogP contribution in [-0.4, -0.2) is 35.6 Å². The number of nitrogens with one attached hydrogen (secondary N) is 1. The zero-order valence-corrected chi connectivity index (χ0v) is 15.2. The van der Waals surface area contributed by atoms with Crippen LogP contribution >= 0.6 is 0 Å². The first-order valence-corrected chi connectivity index (χ1v) is 9.39. The molecule has 0 amide bonds. The van der Waals surface area contributed by atoms with E-state index in [0.29, 0.717) is 12.3 Å². The molecule has 0 radical (unpaired) electrons. The predicted octanol–water partition coefficient (Wildman–Crippen LogP) is 2.07. The molecule has 1 atom stereocenters. The normalized spacial score (nSPS) is 13.4. The number of hydrogen-bond acceptors (Lipinski definition) is 5. The first-order valence-electron chi connectivity index (χ1n) is 7.91. The van der Waals surface area contributed by atoms with Crippen LogP contribution in [0.3, 0.4) is 0 Å². The molecule has 1 aromatic carbocycles. The van der Waals surface area contributed by atoms with Crippen LogP contribution in [0.15, 0.2) is 41.6 Å². The largest absolute Gasteiger partial charge is 0.491 e. The van der Waals surface area contributed by atoms with E-state index in [0.717, 1.165) is 0 Å². The molecule has 1 heterocycles. The number of rotatable bonds is 8. The van der Waals surface area contributed by atoms with E-state index in [-0.39, 0.29) is 23.0 Å². The van der Waals surface area contributed by atoms with Crippen molar-refractivity contribution in [3.63, 3.8) is 0 Å². The summed E-state index contributed by atoms with van der Waals surface area (Å²) in [5.74, 6) is 0.736. The lowest BCUT2D eigenvalue weighted by molar-refractivity contribution is 0.242. The quantitative estimate of drug-likeness (QED) is 0.786. The molecule has 0 bridgehead atoms. The van der Waals surface area contributed by atoms with Crippen molar-refractivity contribution in [2.45, 2.75) is 51.3 Å². The van der Waals surface area contributed by atoms with Gasteiger partial charge in [-0.3, -0.25) is 0 Å². The molecule has 0 aliphatic rings. The Morgan fingerprint density at radius 1 is 1.08 bits per heavy atom. The predicted molar refractivity (Wildman–Crippen MR) is 91.2 cm³/mol. The third-order valence-electron chi connectivity index (χ3n) is 3.44. The molecule has 0 fully saturated rings. The van der Waals surface area contributed by atoms with Crippen LogP contribution in [0.4, 0.5) is 0 Å². The average Bonchev–Trinajstić information content (AvgIpc) is 2.99. The van der Waals surface area contributed by atoms with Crippen molar-refractivity contribution in [3.8, 4) is 5.75 Å². The zero-order valence-electron chi connectivity index (χ0n) is 14.4. The maximum atomic E-state index is 12.6. The Hall–Kier alpha value is -1.93. The van der Waals surface area contributed by atoms with Gasteiger partial charge in [-0.05, 0) is 44.0 Å². The van der Waals surface area contributed by atoms with E-state index < -0.39 is 10.0 Å². The summed E-state index contributed by atoms with van der Waals surface area (Å²) in [6.45, 7) is 8.12. The van der Waals surface area contributed by atoms with Gasteiger partial charge in [-0.1, -0.05) is 13.8 Å². The fourth-order valence-corrected chi connectivity index (χ4v) is 3.51. The van der Waals surface area contributed by atoms with Gasteiger partial charge in [-0.25, -0.2) is 13.1 Å². The van der Waals surface area contributed by atoms with E-state index in [1.807, 2.05) is 27.7 Å². The molecule has 2 rings (SSSR count). The molecular formula is C16H24N4O3S. The molecular weight excluding hydrogens is 328 g/mol. The van der Waals surface area contributed by atoms with E-state index in [2.05, 4.69) is 14.9 Å². The van der Waals surface area contributed by atoms with Crippen molar-refractivity contribution in [1.82, 2.24) is 19.7 Å². The van der Waals surface area contributed by atoms with Gasteiger partial charge in [0.1, 0.15) is 5.75 Å². The van der Waals surface area contributed by atoms with Gasteiger partial charge >= 0.3 is 0 Å². The van der Waals surface area contributed by atoms with Gasteiger partial charge in [-0.15, -0.1) is 0 Å². The second-order valence-electron chi connectivity index (χ2n) is 6.19. The van der Waals surface area contributed by atoms with E-state index in [1.165, 1.54) is 4.80 Å². The number of ether oxygens (including phenoxy) is 1. The summed E-state index contributed by atoms with van der Waals surface area (Å²) in [6.07, 6.45) is 3.18. The van der Waals surface area contributed by atoms with Crippen LogP contribution < -0.4 is 9.46 Å². The molecule has 0 saturated heterocycles. The molecule has 132 valence electrons. The summed E-state index contributed by atoms with van der Waals surface area (Å²) in [6, 6.07) is 6.10. The monoisotopic (exact) mass is 352 g/mol. The fourth-order valence-electron chi connectivity index (χ4n) is 2.13. The van der Waals surface area contributed by atoms with Crippen molar-refractivity contribution < 1.29 is 13.2 Å². The molecule has 1 unspecified atom stereocenters. The summed E-state index contributed by atoms with van der Waals surface area (Å²) >= 11 is 0. The third kappa shape index (κ3) is 5.04. The van der Waals surface area contributed by atoms with Gasteiger partial charge in [0.05, 0.1) is 29.9 Å². The third-order valence-corrected chi connectivity index (χ3v) is 4.95. The Bertz CT molecular complexity index is 725. The lowest BCUT2D eigenvalue weighted by Crippen LogP contribution is -2.41. The minimum Gasteiger partial charge on any atom is -0.491 e. The highest BCUT2D eigenvalue weighted by molar-refractivity contribution is 7.89. The second kappa shape index (κ2) is 7.76. The van der Waals surface area contributed by atoms with Gasteiger partial charge in [0.15, 0.2) is 0 Å². The van der Waals surface area contributed by atoms with E-state index in [9.17, 15) is 8.42 Å². The standard InChI is InChI=1S/C16H24N4O3S/c1-12(2)16(11-20-17-9-10-18-20)19-24(21,22)15-7-5-14(6-8-15)23-13(3)4/h5-10,12-13,16,19H,11H2,1-4H3. The summed E-state index contributed by atoms with van der Waals surface area (Å²) in [5, 5.41) is 8.07. The van der Waals surface area contributed by atoms with E-state index in [1.54, 1.807) is 36.7 Å². The Kier molecular flexibility index (Phi) is 5.95. The molecule has 8 heteroatoms. The minimum atomic E-state index is -3.63. The number of hydrogen-bond donors (Lipinski definition) is 1. The molecule has 0 spiro atoms. The lowest BCUT2D eigenvalue weighted by atomic mass is 10.1. The smallest absolute Gasteiger partial charge is 0.240 e. The highest BCUT2D eigenvalue weighted by Crippen LogP contribution is 2.18. The fraction of sp³-hybridized carbons (Fsp3) is 0.500. The summed E-state index contributed by atoms with van der Waals surface area (Å²) in [4.78, 5) is 1.69. The molecule has 1 aromatic heterocycles. The van der Waals surface area contributed by atoms with Crippen molar-refractivity contribution in [1.29, 1.82) is 0 Å². The van der Waals surface area contributed by atoms with E-state index >= 15 is 0 Å². The number of benzene rings is 1. The molecule has 24 heavy (non-hydrogen) atoms. The van der Waals surface area contributed by atoms with Crippen LogP contribution in [0.2, 0.25) is 0 Å². The number of sulfonamides is 1. The van der Waals surface area contributed by atoms with Crippen LogP contribution in [-0.2, 0) is 16.6 Å². The summed E-state index contributed by atoms with van der Waals surface area (Å²) in [7, 11) is -3.63. The van der Waals surface area contributed by atoms with Gasteiger partial charge in [0, 0.05) is 6.04 Å². The molecule has 2 aromatic rings. The van der Waals surface area contributed by atoms with Crippen molar-refractivity contribution in [2.75, 3.05) is 0 Å². The molecule has 0 aliphatic carbocycles. The zero-order chi connectivity index (χ0) is 17.7. The maximum absolute atomic E-state index is 12.6. The Labute approximate surface area is 143 Å². The summed E-state index contributed by atoms with van der Waals surface area (Å²) in [5.41, 5.74) is 0. The van der Waals surface area contributed by atoms with Crippen LogP contribution in [0, 0.1) is 5.92 Å². The van der Waals surface area contributed by atoms with Gasteiger partial charge in [0.2, 0.25) is 10.0 Å². The second-order valence-corrected chi connectivity index (χ2v) is 7.91. The summed E-state index contributed by atoms with van der Waals surface area (Å²) < 4.78 is 33.5. The van der Waals surface area contributed by atoms with Gasteiger partial charge in [-0.2, -0.15) is 15.0 Å². The topological polar surface area (TPSA) is 86.1 Å². The van der Waals surface area contributed by atoms with Gasteiger partial charge in [0.25, 0.3) is 0 Å².